The van der Waals surface area contributed by atoms with Gasteiger partial charge in [-0.3, -0.25) is 9.89 Å². The van der Waals surface area contributed by atoms with E-state index in [2.05, 4.69) is 67.8 Å². The number of nitrogens with zero attached hydrogens (tertiary/aromatic N) is 2. The van der Waals surface area contributed by atoms with E-state index in [9.17, 15) is 4.79 Å². The number of nitrogens with one attached hydrogen (secondary N) is 2. The van der Waals surface area contributed by atoms with Crippen molar-refractivity contribution in [3.63, 3.8) is 0 Å². The largest absolute Gasteiger partial charge is 0.489 e. The lowest BCUT2D eigenvalue weighted by Crippen LogP contribution is -2.17. The summed E-state index contributed by atoms with van der Waals surface area (Å²) in [5, 5.41) is 11.0. The fourth-order valence-electron chi connectivity index (χ4n) is 2.97. The summed E-state index contributed by atoms with van der Waals surface area (Å²) in [6, 6.07) is 25.1. The van der Waals surface area contributed by atoms with Crippen LogP contribution in [0.4, 0.5) is 0 Å². The number of aromatic amines is 1. The van der Waals surface area contributed by atoms with Crippen molar-refractivity contribution in [2.45, 2.75) is 13.5 Å². The number of ether oxygens (including phenoxy) is 1. The number of aryl methyl sites for hydroxylation is 1. The number of hydrogen-bond donors (Lipinski definition) is 2. The van der Waals surface area contributed by atoms with Gasteiger partial charge in [-0.1, -0.05) is 57.9 Å². The number of halogens is 1. The number of hydrazone groups is 1. The average molecular weight is 489 g/mol. The van der Waals surface area contributed by atoms with Gasteiger partial charge in [0, 0.05) is 10.0 Å². The van der Waals surface area contributed by atoms with E-state index in [-0.39, 0.29) is 5.91 Å². The molecule has 0 saturated heterocycles. The van der Waals surface area contributed by atoms with E-state index >= 15 is 0 Å². The molecule has 4 aromatic rings. The fourth-order valence-corrected chi connectivity index (χ4v) is 3.39. The first-order valence-corrected chi connectivity index (χ1v) is 10.8. The van der Waals surface area contributed by atoms with Crippen LogP contribution in [0.2, 0.25) is 0 Å². The van der Waals surface area contributed by atoms with Crippen molar-refractivity contribution in [3.8, 4) is 17.0 Å². The highest BCUT2D eigenvalue weighted by Crippen LogP contribution is 2.22. The Bertz CT molecular complexity index is 1230. The molecule has 1 heterocycles. The lowest BCUT2D eigenvalue weighted by atomic mass is 10.1. The van der Waals surface area contributed by atoms with Crippen molar-refractivity contribution in [1.82, 2.24) is 15.6 Å². The van der Waals surface area contributed by atoms with Gasteiger partial charge in [-0.15, -0.1) is 0 Å². The molecule has 160 valence electrons. The number of amides is 1. The summed E-state index contributed by atoms with van der Waals surface area (Å²) in [4.78, 5) is 12.3. The molecule has 6 nitrogen and oxygen atoms in total. The van der Waals surface area contributed by atoms with E-state index in [1.54, 1.807) is 12.3 Å². The zero-order chi connectivity index (χ0) is 22.3. The van der Waals surface area contributed by atoms with E-state index in [0.717, 1.165) is 26.9 Å². The standard InChI is InChI=1S/C25H21BrN4O2/c1-17-5-7-18(8-6-17)16-32-22-11-9-20(10-12-22)23-14-24(29-28-23)25(31)30-27-15-19-3-2-4-21(26)13-19/h2-15H,16H2,1H3,(H,28,29)(H,30,31)/b27-15-. The van der Waals surface area contributed by atoms with Crippen molar-refractivity contribution < 1.29 is 9.53 Å². The van der Waals surface area contributed by atoms with Crippen LogP contribution >= 0.6 is 15.9 Å². The maximum Gasteiger partial charge on any atom is 0.289 e. The fraction of sp³-hybridized carbons (Fsp3) is 0.0800. The van der Waals surface area contributed by atoms with Gasteiger partial charge in [0.25, 0.3) is 5.91 Å². The summed E-state index contributed by atoms with van der Waals surface area (Å²) in [6.07, 6.45) is 1.58. The number of carbonyl (C=O) groups excluding carboxylic acids is 1. The van der Waals surface area contributed by atoms with Crippen molar-refractivity contribution in [2.75, 3.05) is 0 Å². The topological polar surface area (TPSA) is 79.4 Å². The van der Waals surface area contributed by atoms with Gasteiger partial charge >= 0.3 is 0 Å². The number of rotatable bonds is 7. The Balaban J connectivity index is 1.34. The van der Waals surface area contributed by atoms with Crippen molar-refractivity contribution in [1.29, 1.82) is 0 Å². The van der Waals surface area contributed by atoms with Gasteiger partial charge in [-0.25, -0.2) is 5.43 Å². The van der Waals surface area contributed by atoms with Gasteiger partial charge < -0.3 is 4.74 Å². The maximum absolute atomic E-state index is 12.3. The third kappa shape index (κ3) is 5.70. The molecule has 0 unspecified atom stereocenters. The van der Waals surface area contributed by atoms with Crippen LogP contribution in [0, 0.1) is 6.92 Å². The normalized spacial score (nSPS) is 10.9. The van der Waals surface area contributed by atoms with Gasteiger partial charge in [0.15, 0.2) is 0 Å². The van der Waals surface area contributed by atoms with Gasteiger partial charge in [-0.2, -0.15) is 10.2 Å². The molecule has 1 amide bonds. The van der Waals surface area contributed by atoms with Gasteiger partial charge in [0.05, 0.1) is 11.9 Å². The predicted molar refractivity (Wildman–Crippen MR) is 129 cm³/mol. The summed E-state index contributed by atoms with van der Waals surface area (Å²) >= 11 is 3.40. The third-order valence-corrected chi connectivity index (χ3v) is 5.22. The third-order valence-electron chi connectivity index (χ3n) is 4.73. The number of benzene rings is 3. The minimum Gasteiger partial charge on any atom is -0.489 e. The monoisotopic (exact) mass is 488 g/mol. The SMILES string of the molecule is Cc1ccc(COc2ccc(-c3cc(C(=O)N/N=C\c4cccc(Br)c4)[nH]n3)cc2)cc1. The second-order valence-corrected chi connectivity index (χ2v) is 8.14. The van der Waals surface area contributed by atoms with Gasteiger partial charge in [0.2, 0.25) is 0 Å². The van der Waals surface area contributed by atoms with Crippen LogP contribution in [0.15, 0.2) is 88.4 Å². The molecule has 0 aliphatic rings. The summed E-state index contributed by atoms with van der Waals surface area (Å²) in [6.45, 7) is 2.57. The van der Waals surface area contributed by atoms with Crippen LogP contribution in [0.25, 0.3) is 11.3 Å². The first-order valence-electron chi connectivity index (χ1n) is 10.00. The molecule has 0 radical (unpaired) electrons. The summed E-state index contributed by atoms with van der Waals surface area (Å²) in [5.74, 6) is 0.401. The zero-order valence-corrected chi connectivity index (χ0v) is 19.0. The molecule has 0 fully saturated rings. The Kier molecular flexibility index (Phi) is 6.77. The maximum atomic E-state index is 12.3. The van der Waals surface area contributed by atoms with Crippen LogP contribution in [0.1, 0.15) is 27.2 Å². The molecule has 2 N–H and O–H groups in total. The van der Waals surface area contributed by atoms with Crippen LogP contribution < -0.4 is 10.2 Å². The minimum atomic E-state index is -0.368. The summed E-state index contributed by atoms with van der Waals surface area (Å²) in [7, 11) is 0. The molecule has 0 bridgehead atoms. The second-order valence-electron chi connectivity index (χ2n) is 7.22. The van der Waals surface area contributed by atoms with Gasteiger partial charge in [-0.05, 0) is 60.5 Å². The number of H-pyrrole nitrogens is 1. The van der Waals surface area contributed by atoms with Gasteiger partial charge in [0.1, 0.15) is 18.1 Å². The molecule has 0 spiro atoms. The second kappa shape index (κ2) is 10.1. The zero-order valence-electron chi connectivity index (χ0n) is 17.4. The Morgan fingerprint density at radius 2 is 1.88 bits per heavy atom. The Labute approximate surface area is 194 Å². The van der Waals surface area contributed by atoms with E-state index in [0.29, 0.717) is 18.0 Å². The predicted octanol–water partition coefficient (Wildman–Crippen LogP) is 5.49. The molecule has 32 heavy (non-hydrogen) atoms. The van der Waals surface area contributed by atoms with Crippen molar-refractivity contribution in [2.24, 2.45) is 5.10 Å². The van der Waals surface area contributed by atoms with Crippen molar-refractivity contribution in [3.05, 3.63) is 106 Å². The average Bonchev–Trinajstić information content (AvgIpc) is 3.30. The van der Waals surface area contributed by atoms with E-state index < -0.39 is 0 Å². The van der Waals surface area contributed by atoms with Crippen LogP contribution in [-0.2, 0) is 6.61 Å². The van der Waals surface area contributed by atoms with Crippen LogP contribution in [0.5, 0.6) is 5.75 Å². The molecule has 1 aromatic heterocycles. The van der Waals surface area contributed by atoms with E-state index in [1.165, 1.54) is 5.56 Å². The smallest absolute Gasteiger partial charge is 0.289 e. The van der Waals surface area contributed by atoms with Crippen molar-refractivity contribution >= 4 is 28.1 Å². The highest BCUT2D eigenvalue weighted by atomic mass is 79.9. The highest BCUT2D eigenvalue weighted by molar-refractivity contribution is 9.10. The summed E-state index contributed by atoms with van der Waals surface area (Å²) in [5.41, 5.74) is 7.57. The lowest BCUT2D eigenvalue weighted by molar-refractivity contribution is 0.0950. The number of aromatic nitrogens is 2. The Morgan fingerprint density at radius 1 is 1.09 bits per heavy atom. The molecular formula is C25H21BrN4O2. The quantitative estimate of drug-likeness (QED) is 0.266. The Morgan fingerprint density at radius 3 is 2.62 bits per heavy atom. The molecule has 0 aliphatic carbocycles. The first kappa shape index (κ1) is 21.5. The highest BCUT2D eigenvalue weighted by Gasteiger charge is 2.10. The Hall–Kier alpha value is -3.71. The molecule has 7 heteroatoms. The molecule has 0 aliphatic heterocycles. The lowest BCUT2D eigenvalue weighted by Gasteiger charge is -2.07. The number of carbonyl (C=O) groups is 1. The number of hydrogen-bond acceptors (Lipinski definition) is 4. The molecule has 4 rings (SSSR count). The van der Waals surface area contributed by atoms with Crippen LogP contribution in [0.3, 0.4) is 0 Å². The minimum absolute atomic E-state index is 0.325. The summed E-state index contributed by atoms with van der Waals surface area (Å²) < 4.78 is 6.79. The van der Waals surface area contributed by atoms with E-state index in [4.69, 9.17) is 4.74 Å². The first-order chi connectivity index (χ1) is 15.6. The molecule has 0 saturated carbocycles. The molecule has 3 aromatic carbocycles. The van der Waals surface area contributed by atoms with E-state index in [1.807, 2.05) is 48.5 Å². The molecule has 0 atom stereocenters. The molecular weight excluding hydrogens is 468 g/mol. The van der Waals surface area contributed by atoms with Crippen LogP contribution in [-0.4, -0.2) is 22.3 Å².